The lowest BCUT2D eigenvalue weighted by Crippen LogP contribution is -2.61. The number of aromatic nitrogens is 2. The molecule has 1 aromatic heterocycles. The topological polar surface area (TPSA) is 73.4 Å². The van der Waals surface area contributed by atoms with E-state index in [2.05, 4.69) is 70.4 Å². The first-order valence-electron chi connectivity index (χ1n) is 12.7. The molecule has 2 heterocycles. The molecule has 180 valence electrons. The van der Waals surface area contributed by atoms with E-state index >= 15 is 0 Å². The van der Waals surface area contributed by atoms with Gasteiger partial charge >= 0.3 is 0 Å². The summed E-state index contributed by atoms with van der Waals surface area (Å²) in [5.74, 6) is 1.18. The van der Waals surface area contributed by atoms with Crippen molar-refractivity contribution in [2.24, 2.45) is 22.2 Å². The number of hydrogen-bond acceptors (Lipinski definition) is 6. The summed E-state index contributed by atoms with van der Waals surface area (Å²) in [4.78, 5) is 26.7. The molecule has 0 bridgehead atoms. The van der Waals surface area contributed by atoms with Gasteiger partial charge in [-0.2, -0.15) is 0 Å². The number of benzene rings is 1. The van der Waals surface area contributed by atoms with E-state index in [0.717, 1.165) is 44.2 Å². The van der Waals surface area contributed by atoms with Crippen molar-refractivity contribution in [1.82, 2.24) is 20.2 Å². The lowest BCUT2D eigenvalue weighted by molar-refractivity contribution is -0.0390. The Labute approximate surface area is 202 Å². The van der Waals surface area contributed by atoms with Gasteiger partial charge in [-0.25, -0.2) is 9.97 Å². The minimum atomic E-state index is -0.0983. The van der Waals surface area contributed by atoms with Gasteiger partial charge in [0.2, 0.25) is 5.95 Å². The van der Waals surface area contributed by atoms with Crippen molar-refractivity contribution in [2.45, 2.75) is 46.1 Å². The van der Waals surface area contributed by atoms with Gasteiger partial charge < -0.3 is 20.4 Å². The third-order valence-electron chi connectivity index (χ3n) is 9.98. The van der Waals surface area contributed by atoms with E-state index in [4.69, 9.17) is 0 Å². The van der Waals surface area contributed by atoms with Crippen molar-refractivity contribution in [3.8, 4) is 0 Å². The van der Waals surface area contributed by atoms with Gasteiger partial charge in [0.05, 0.1) is 0 Å². The van der Waals surface area contributed by atoms with Crippen molar-refractivity contribution in [2.75, 3.05) is 43.4 Å². The molecule has 3 aliphatic carbocycles. The summed E-state index contributed by atoms with van der Waals surface area (Å²) in [6, 6.07) is 10.3. The van der Waals surface area contributed by atoms with E-state index in [1.807, 2.05) is 12.1 Å². The smallest absolute Gasteiger partial charge is 0.270 e. The number of likely N-dealkylation sites (N-methyl/N-ethyl adjacent to an activating group) is 1. The summed E-state index contributed by atoms with van der Waals surface area (Å²) in [6.45, 7) is 11.5. The van der Waals surface area contributed by atoms with Crippen LogP contribution in [0.3, 0.4) is 0 Å². The van der Waals surface area contributed by atoms with E-state index in [9.17, 15) is 4.79 Å². The van der Waals surface area contributed by atoms with E-state index in [1.165, 1.54) is 18.5 Å². The number of anilines is 3. The Bertz CT molecular complexity index is 1110. The van der Waals surface area contributed by atoms with Crippen LogP contribution in [0.2, 0.25) is 0 Å². The number of nitrogens with one attached hydrogen (secondary N) is 2. The van der Waals surface area contributed by atoms with Crippen LogP contribution in [0.4, 0.5) is 17.3 Å². The standard InChI is InChI=1S/C27H36N6O/c1-25(2)21-9-11-26(3)22(17-27(21,25)26)31-23(34)20-10-12-28-24(30-20)29-18-5-7-19(8-6-18)33-15-13-32(4)14-16-33/h5-8,10,12,21-22H,9,11,13-17H2,1-4H3,(H,31,34)(H,28,29,30). The molecule has 6 rings (SSSR count). The van der Waals surface area contributed by atoms with Crippen molar-refractivity contribution < 1.29 is 4.79 Å². The lowest BCUT2D eigenvalue weighted by atomic mass is 9.52. The molecule has 4 aliphatic rings. The molecule has 3 saturated carbocycles. The first-order valence-corrected chi connectivity index (χ1v) is 12.7. The number of rotatable bonds is 5. The Morgan fingerprint density at radius 3 is 2.50 bits per heavy atom. The van der Waals surface area contributed by atoms with E-state index < -0.39 is 0 Å². The molecule has 1 aromatic carbocycles. The molecule has 1 aliphatic heterocycles. The largest absolute Gasteiger partial charge is 0.369 e. The fourth-order valence-corrected chi connectivity index (χ4v) is 7.85. The minimum absolute atomic E-state index is 0.0983. The Morgan fingerprint density at radius 1 is 1.06 bits per heavy atom. The average Bonchev–Trinajstić information content (AvgIpc) is 3.22. The summed E-state index contributed by atoms with van der Waals surface area (Å²) in [5, 5.41) is 6.56. The number of carbonyl (C=O) groups is 1. The molecular weight excluding hydrogens is 424 g/mol. The van der Waals surface area contributed by atoms with Gasteiger partial charge in [-0.1, -0.05) is 20.8 Å². The second-order valence-corrected chi connectivity index (χ2v) is 11.7. The fraction of sp³-hybridized carbons (Fsp3) is 0.593. The molecule has 0 radical (unpaired) electrons. The normalized spacial score (nSPS) is 33.5. The van der Waals surface area contributed by atoms with Gasteiger partial charge in [-0.15, -0.1) is 0 Å². The van der Waals surface area contributed by atoms with Crippen molar-refractivity contribution in [1.29, 1.82) is 0 Å². The molecular formula is C27H36N6O. The fourth-order valence-electron chi connectivity index (χ4n) is 7.85. The number of nitrogens with zero attached hydrogens (tertiary/aromatic N) is 4. The SMILES string of the molecule is CN1CCN(c2ccc(Nc3nccc(C(=O)NC4CC56C(CCC45C)C6(C)C)n3)cc2)CC1. The number of amides is 1. The van der Waals surface area contributed by atoms with Gasteiger partial charge in [0.15, 0.2) is 0 Å². The van der Waals surface area contributed by atoms with Gasteiger partial charge in [0, 0.05) is 49.8 Å². The number of carbonyl (C=O) groups excluding carboxylic acids is 1. The highest BCUT2D eigenvalue weighted by molar-refractivity contribution is 5.93. The quantitative estimate of drug-likeness (QED) is 0.705. The second-order valence-electron chi connectivity index (χ2n) is 11.7. The zero-order chi connectivity index (χ0) is 23.7. The van der Waals surface area contributed by atoms with Crippen molar-refractivity contribution >= 4 is 23.2 Å². The highest BCUT2D eigenvalue weighted by Gasteiger charge is 2.86. The lowest BCUT2D eigenvalue weighted by Gasteiger charge is -2.56. The summed E-state index contributed by atoms with van der Waals surface area (Å²) in [6.07, 6.45) is 5.27. The molecule has 7 nitrogen and oxygen atoms in total. The minimum Gasteiger partial charge on any atom is -0.369 e. The number of piperazine rings is 1. The van der Waals surface area contributed by atoms with Gasteiger partial charge in [-0.3, -0.25) is 4.79 Å². The molecule has 4 fully saturated rings. The molecule has 34 heavy (non-hydrogen) atoms. The van der Waals surface area contributed by atoms with E-state index in [0.29, 0.717) is 22.5 Å². The summed E-state index contributed by atoms with van der Waals surface area (Å²) in [5.41, 5.74) is 3.64. The van der Waals surface area contributed by atoms with Gasteiger partial charge in [0.25, 0.3) is 5.91 Å². The predicted octanol–water partition coefficient (Wildman–Crippen LogP) is 3.92. The zero-order valence-electron chi connectivity index (χ0n) is 20.8. The van der Waals surface area contributed by atoms with Crippen LogP contribution in [-0.4, -0.2) is 60.0 Å². The predicted molar refractivity (Wildman–Crippen MR) is 134 cm³/mol. The average molecular weight is 461 g/mol. The molecule has 2 N–H and O–H groups in total. The third kappa shape index (κ3) is 3.02. The van der Waals surface area contributed by atoms with Crippen LogP contribution in [0.25, 0.3) is 0 Å². The van der Waals surface area contributed by atoms with Gasteiger partial charge in [0.1, 0.15) is 5.69 Å². The van der Waals surface area contributed by atoms with Crippen LogP contribution in [0.15, 0.2) is 36.5 Å². The van der Waals surface area contributed by atoms with Crippen molar-refractivity contribution in [3.05, 3.63) is 42.2 Å². The summed E-state index contributed by atoms with van der Waals surface area (Å²) < 4.78 is 0. The maximum absolute atomic E-state index is 13.1. The van der Waals surface area contributed by atoms with Crippen molar-refractivity contribution in [3.63, 3.8) is 0 Å². The first-order chi connectivity index (χ1) is 16.2. The van der Waals surface area contributed by atoms with Crippen LogP contribution in [0.1, 0.15) is 50.5 Å². The third-order valence-corrected chi connectivity index (χ3v) is 9.98. The Hall–Kier alpha value is -2.67. The molecule has 1 spiro atoms. The highest BCUT2D eigenvalue weighted by Crippen LogP contribution is 2.90. The monoisotopic (exact) mass is 460 g/mol. The van der Waals surface area contributed by atoms with Gasteiger partial charge in [-0.05, 0) is 78.8 Å². The Morgan fingerprint density at radius 2 is 1.79 bits per heavy atom. The Balaban J connectivity index is 1.09. The van der Waals surface area contributed by atoms with Crippen LogP contribution in [0.5, 0.6) is 0 Å². The molecule has 1 amide bonds. The maximum Gasteiger partial charge on any atom is 0.270 e. The summed E-state index contributed by atoms with van der Waals surface area (Å²) >= 11 is 0. The molecule has 7 heteroatoms. The zero-order valence-corrected chi connectivity index (χ0v) is 20.8. The second kappa shape index (κ2) is 7.41. The Kier molecular flexibility index (Phi) is 4.76. The molecule has 2 aromatic rings. The summed E-state index contributed by atoms with van der Waals surface area (Å²) in [7, 11) is 2.17. The van der Waals surface area contributed by atoms with E-state index in [1.54, 1.807) is 12.3 Å². The molecule has 4 atom stereocenters. The first kappa shape index (κ1) is 21.8. The molecule has 1 saturated heterocycles. The highest BCUT2D eigenvalue weighted by atomic mass is 16.2. The van der Waals surface area contributed by atoms with Crippen LogP contribution in [0, 0.1) is 22.2 Å². The maximum atomic E-state index is 13.1. The number of hydrogen-bond donors (Lipinski definition) is 2. The van der Waals surface area contributed by atoms with E-state index in [-0.39, 0.29) is 17.4 Å². The van der Waals surface area contributed by atoms with Crippen LogP contribution in [-0.2, 0) is 0 Å². The molecule has 4 unspecified atom stereocenters. The van der Waals surface area contributed by atoms with Crippen LogP contribution >= 0.6 is 0 Å². The van der Waals surface area contributed by atoms with Crippen LogP contribution < -0.4 is 15.5 Å².